The van der Waals surface area contributed by atoms with E-state index in [-0.39, 0.29) is 17.3 Å². The summed E-state index contributed by atoms with van der Waals surface area (Å²) in [5.41, 5.74) is 0.607. The molecule has 0 amide bonds. The van der Waals surface area contributed by atoms with Crippen LogP contribution in [-0.2, 0) is 12.6 Å². The topological polar surface area (TPSA) is 84.2 Å². The maximum atomic E-state index is 13.0. The Hall–Kier alpha value is -3.69. The van der Waals surface area contributed by atoms with Crippen LogP contribution < -0.4 is 10.2 Å². The molecule has 0 fully saturated rings. The lowest BCUT2D eigenvalue weighted by molar-refractivity contribution is -0.383. The van der Waals surface area contributed by atoms with Crippen molar-refractivity contribution in [3.63, 3.8) is 0 Å². The molecule has 3 aromatic rings. The molecule has 4 rings (SSSR count). The summed E-state index contributed by atoms with van der Waals surface area (Å²) in [5.74, 6) is -0.0897. The normalized spacial score (nSPS) is 13.3. The number of nitro groups is 1. The van der Waals surface area contributed by atoms with Crippen LogP contribution in [0.5, 0.6) is 0 Å². The van der Waals surface area contributed by atoms with E-state index >= 15 is 0 Å². The fraction of sp³-hybridized carbons (Fsp3) is 0.158. The van der Waals surface area contributed by atoms with E-state index < -0.39 is 22.4 Å². The zero-order chi connectivity index (χ0) is 20.6. The Kier molecular flexibility index (Phi) is 4.53. The van der Waals surface area contributed by atoms with E-state index in [1.54, 1.807) is 4.90 Å². The summed E-state index contributed by atoms with van der Waals surface area (Å²) in [7, 11) is 0. The molecule has 29 heavy (non-hydrogen) atoms. The van der Waals surface area contributed by atoms with Crippen molar-refractivity contribution < 1.29 is 18.1 Å². The van der Waals surface area contributed by atoms with Crippen LogP contribution in [-0.4, -0.2) is 21.4 Å². The second-order valence-electron chi connectivity index (χ2n) is 6.39. The molecule has 0 bridgehead atoms. The highest BCUT2D eigenvalue weighted by atomic mass is 19.4. The molecule has 0 saturated heterocycles. The van der Waals surface area contributed by atoms with Crippen LogP contribution in [0.1, 0.15) is 11.1 Å². The van der Waals surface area contributed by atoms with E-state index in [1.165, 1.54) is 12.1 Å². The molecule has 0 spiro atoms. The van der Waals surface area contributed by atoms with Crippen LogP contribution in [0.2, 0.25) is 0 Å². The number of alkyl halides is 3. The molecule has 0 aliphatic carbocycles. The molecule has 1 aliphatic rings. The molecule has 10 heteroatoms. The van der Waals surface area contributed by atoms with Gasteiger partial charge in [0, 0.05) is 17.9 Å². The average Bonchev–Trinajstić information content (AvgIpc) is 3.11. The minimum absolute atomic E-state index is 0.0365. The molecule has 2 aromatic carbocycles. The number of hydrogen-bond donors (Lipinski definition) is 1. The van der Waals surface area contributed by atoms with Crippen molar-refractivity contribution in [1.29, 1.82) is 0 Å². The smallest absolute Gasteiger partial charge is 0.334 e. The third kappa shape index (κ3) is 3.56. The summed E-state index contributed by atoms with van der Waals surface area (Å²) in [5, 5.41) is 14.4. The number of para-hydroxylation sites is 1. The first-order chi connectivity index (χ1) is 13.8. The molecule has 148 valence electrons. The van der Waals surface area contributed by atoms with Gasteiger partial charge in [0.2, 0.25) is 11.6 Å². The van der Waals surface area contributed by atoms with Crippen LogP contribution in [0.4, 0.5) is 41.9 Å². The van der Waals surface area contributed by atoms with Gasteiger partial charge in [0.25, 0.3) is 0 Å². The number of halogens is 3. The van der Waals surface area contributed by atoms with Crippen molar-refractivity contribution in [2.45, 2.75) is 12.6 Å². The Bertz CT molecular complexity index is 1090. The first kappa shape index (κ1) is 18.7. The van der Waals surface area contributed by atoms with E-state index in [9.17, 15) is 23.3 Å². The van der Waals surface area contributed by atoms with Crippen molar-refractivity contribution in [2.75, 3.05) is 16.8 Å². The van der Waals surface area contributed by atoms with Gasteiger partial charge < -0.3 is 10.2 Å². The van der Waals surface area contributed by atoms with Crippen LogP contribution in [0, 0.1) is 10.1 Å². The van der Waals surface area contributed by atoms with Crippen LogP contribution in [0.3, 0.4) is 0 Å². The van der Waals surface area contributed by atoms with Crippen LogP contribution >= 0.6 is 0 Å². The van der Waals surface area contributed by atoms with Gasteiger partial charge in [-0.25, -0.2) is 9.97 Å². The molecular weight excluding hydrogens is 387 g/mol. The highest BCUT2D eigenvalue weighted by molar-refractivity contribution is 5.80. The predicted octanol–water partition coefficient (Wildman–Crippen LogP) is 4.84. The third-order valence-electron chi connectivity index (χ3n) is 4.58. The van der Waals surface area contributed by atoms with Crippen molar-refractivity contribution in [2.24, 2.45) is 0 Å². The molecule has 2 heterocycles. The fourth-order valence-corrected chi connectivity index (χ4v) is 3.29. The molecule has 0 atom stereocenters. The lowest BCUT2D eigenvalue weighted by Crippen LogP contribution is -2.17. The van der Waals surface area contributed by atoms with Gasteiger partial charge in [0.15, 0.2) is 0 Å². The number of hydrogen-bond acceptors (Lipinski definition) is 6. The lowest BCUT2D eigenvalue weighted by atomic mass is 10.2. The van der Waals surface area contributed by atoms with E-state index in [0.717, 1.165) is 29.7 Å². The van der Waals surface area contributed by atoms with Crippen molar-refractivity contribution in [1.82, 2.24) is 9.97 Å². The largest absolute Gasteiger partial charge is 0.416 e. The van der Waals surface area contributed by atoms with Crippen molar-refractivity contribution in [3.05, 3.63) is 76.1 Å². The zero-order valence-corrected chi connectivity index (χ0v) is 14.8. The van der Waals surface area contributed by atoms with E-state index in [1.807, 2.05) is 24.3 Å². The molecule has 0 unspecified atom stereocenters. The standard InChI is InChI=1S/C19H14F3N5O2/c20-19(21,22)13-5-3-6-14(10-13)25-17-16(27(28)29)18(24-11-23-17)26-9-8-12-4-1-2-7-15(12)26/h1-7,10-11H,8-9H2,(H,23,24,25). The average molecular weight is 401 g/mol. The van der Waals surface area contributed by atoms with Gasteiger partial charge in [-0.1, -0.05) is 24.3 Å². The Morgan fingerprint density at radius 2 is 1.90 bits per heavy atom. The zero-order valence-electron chi connectivity index (χ0n) is 14.8. The predicted molar refractivity (Wildman–Crippen MR) is 101 cm³/mol. The van der Waals surface area contributed by atoms with Crippen LogP contribution in [0.15, 0.2) is 54.9 Å². The number of benzene rings is 2. The molecular formula is C19H14F3N5O2. The summed E-state index contributed by atoms with van der Waals surface area (Å²) in [6.07, 6.45) is -2.67. The maximum Gasteiger partial charge on any atom is 0.416 e. The highest BCUT2D eigenvalue weighted by Gasteiger charge is 2.33. The number of anilines is 4. The van der Waals surface area contributed by atoms with Crippen molar-refractivity contribution >= 4 is 28.7 Å². The molecule has 7 nitrogen and oxygen atoms in total. The van der Waals surface area contributed by atoms with Crippen LogP contribution in [0.25, 0.3) is 0 Å². The van der Waals surface area contributed by atoms with Gasteiger partial charge in [0.1, 0.15) is 6.33 Å². The number of fused-ring (bicyclic) bond motifs is 1. The first-order valence-electron chi connectivity index (χ1n) is 8.64. The summed E-state index contributed by atoms with van der Waals surface area (Å²) in [6, 6.07) is 11.9. The number of nitrogens with zero attached hydrogens (tertiary/aromatic N) is 4. The Labute approximate surface area is 163 Å². The number of aromatic nitrogens is 2. The quantitative estimate of drug-likeness (QED) is 0.497. The lowest BCUT2D eigenvalue weighted by Gasteiger charge is -2.19. The number of rotatable bonds is 4. The third-order valence-corrected chi connectivity index (χ3v) is 4.58. The fourth-order valence-electron chi connectivity index (χ4n) is 3.29. The first-order valence-corrected chi connectivity index (χ1v) is 8.64. The minimum atomic E-state index is -4.53. The SMILES string of the molecule is O=[N+]([O-])c1c(Nc2cccc(C(F)(F)F)c2)ncnc1N1CCc2ccccc21. The summed E-state index contributed by atoms with van der Waals surface area (Å²) in [4.78, 5) is 20.9. The van der Waals surface area contributed by atoms with Gasteiger partial charge in [0.05, 0.1) is 10.5 Å². The second kappa shape index (κ2) is 7.04. The number of nitrogens with one attached hydrogen (secondary N) is 1. The van der Waals surface area contributed by atoms with E-state index in [2.05, 4.69) is 15.3 Å². The molecule has 1 aliphatic heterocycles. The Balaban J connectivity index is 1.75. The van der Waals surface area contributed by atoms with E-state index in [0.29, 0.717) is 13.0 Å². The van der Waals surface area contributed by atoms with Gasteiger partial charge in [-0.2, -0.15) is 13.2 Å². The van der Waals surface area contributed by atoms with Gasteiger partial charge in [-0.05, 0) is 36.2 Å². The minimum Gasteiger partial charge on any atom is -0.334 e. The summed E-state index contributed by atoms with van der Waals surface area (Å²) >= 11 is 0. The molecule has 0 radical (unpaired) electrons. The molecule has 0 saturated carbocycles. The van der Waals surface area contributed by atoms with E-state index in [4.69, 9.17) is 0 Å². The second-order valence-corrected chi connectivity index (χ2v) is 6.39. The van der Waals surface area contributed by atoms with Gasteiger partial charge in [-0.3, -0.25) is 10.1 Å². The summed E-state index contributed by atoms with van der Waals surface area (Å²) < 4.78 is 38.9. The van der Waals surface area contributed by atoms with Crippen molar-refractivity contribution in [3.8, 4) is 0 Å². The van der Waals surface area contributed by atoms with Gasteiger partial charge in [-0.15, -0.1) is 0 Å². The maximum absolute atomic E-state index is 13.0. The Morgan fingerprint density at radius 1 is 1.10 bits per heavy atom. The Morgan fingerprint density at radius 3 is 2.66 bits per heavy atom. The monoisotopic (exact) mass is 401 g/mol. The van der Waals surface area contributed by atoms with Gasteiger partial charge >= 0.3 is 11.9 Å². The molecule has 1 N–H and O–H groups in total. The molecule has 1 aromatic heterocycles. The highest BCUT2D eigenvalue weighted by Crippen LogP contribution is 2.41. The summed E-state index contributed by atoms with van der Waals surface area (Å²) in [6.45, 7) is 0.500.